The molecule has 1 aliphatic carbocycles. The smallest absolute Gasteiger partial charge is 0.340 e. The maximum Gasteiger partial charge on any atom is 0.340 e. The Kier molecular flexibility index (Phi) is 2.68. The highest BCUT2D eigenvalue weighted by atomic mass is 19.1. The third-order valence-corrected chi connectivity index (χ3v) is 2.87. The van der Waals surface area contributed by atoms with Gasteiger partial charge in [-0.05, 0) is 31.4 Å². The summed E-state index contributed by atoms with van der Waals surface area (Å²) in [5.41, 5.74) is 5.34. The van der Waals surface area contributed by atoms with Gasteiger partial charge in [-0.1, -0.05) is 0 Å². The van der Waals surface area contributed by atoms with Crippen molar-refractivity contribution in [1.82, 2.24) is 0 Å². The first-order chi connectivity index (χ1) is 7.59. The van der Waals surface area contributed by atoms with Gasteiger partial charge in [-0.15, -0.1) is 0 Å². The summed E-state index contributed by atoms with van der Waals surface area (Å²) in [5, 5.41) is 12.1. The number of halogens is 1. The molecule has 1 aliphatic rings. The molecule has 86 valence electrons. The molecule has 0 amide bonds. The van der Waals surface area contributed by atoms with Gasteiger partial charge in [-0.2, -0.15) is 0 Å². The molecule has 1 fully saturated rings. The number of anilines is 2. The number of nitrogens with one attached hydrogen (secondary N) is 1. The maximum atomic E-state index is 13.1. The largest absolute Gasteiger partial charge is 0.478 e. The number of carbonyl (C=O) groups is 1. The second-order valence-corrected chi connectivity index (χ2v) is 3.96. The van der Waals surface area contributed by atoms with Crippen molar-refractivity contribution in [3.63, 3.8) is 0 Å². The summed E-state index contributed by atoms with van der Waals surface area (Å²) in [5.74, 6) is -1.91. The predicted octanol–water partition coefficient (Wildman–Crippen LogP) is 2.07. The Balaban J connectivity index is 2.35. The standard InChI is InChI=1S/C11H13FN2O2/c12-7-4-5-8(14-6-2-1-3-6)9(10(7)13)11(15)16/h4-6,14H,1-3,13H2,(H,15,16). The third kappa shape index (κ3) is 1.80. The number of benzene rings is 1. The van der Waals surface area contributed by atoms with Crippen LogP contribution in [0.4, 0.5) is 15.8 Å². The number of nitrogens with two attached hydrogens (primary N) is 1. The lowest BCUT2D eigenvalue weighted by Gasteiger charge is -2.28. The Labute approximate surface area is 92.3 Å². The lowest BCUT2D eigenvalue weighted by atomic mass is 9.92. The van der Waals surface area contributed by atoms with E-state index in [1.807, 2.05) is 0 Å². The van der Waals surface area contributed by atoms with Crippen LogP contribution in [-0.4, -0.2) is 17.1 Å². The van der Waals surface area contributed by atoms with Crippen molar-refractivity contribution in [3.8, 4) is 0 Å². The van der Waals surface area contributed by atoms with Crippen molar-refractivity contribution < 1.29 is 14.3 Å². The zero-order valence-corrected chi connectivity index (χ0v) is 8.66. The zero-order valence-electron chi connectivity index (χ0n) is 8.66. The van der Waals surface area contributed by atoms with Gasteiger partial charge in [-0.3, -0.25) is 0 Å². The van der Waals surface area contributed by atoms with E-state index in [4.69, 9.17) is 10.8 Å². The molecular formula is C11H13FN2O2. The van der Waals surface area contributed by atoms with Crippen LogP contribution in [0.15, 0.2) is 12.1 Å². The molecular weight excluding hydrogens is 211 g/mol. The van der Waals surface area contributed by atoms with Crippen LogP contribution in [-0.2, 0) is 0 Å². The summed E-state index contributed by atoms with van der Waals surface area (Å²) in [7, 11) is 0. The number of carboxylic acids is 1. The first kappa shape index (κ1) is 10.7. The minimum Gasteiger partial charge on any atom is -0.478 e. The Bertz CT molecular complexity index is 430. The number of hydrogen-bond donors (Lipinski definition) is 3. The van der Waals surface area contributed by atoms with Crippen LogP contribution in [0.3, 0.4) is 0 Å². The van der Waals surface area contributed by atoms with Crippen LogP contribution < -0.4 is 11.1 Å². The number of hydrogen-bond acceptors (Lipinski definition) is 3. The maximum absolute atomic E-state index is 13.1. The van der Waals surface area contributed by atoms with Crippen LogP contribution in [0.2, 0.25) is 0 Å². The minimum atomic E-state index is -1.21. The van der Waals surface area contributed by atoms with E-state index in [0.717, 1.165) is 19.3 Å². The van der Waals surface area contributed by atoms with Crippen LogP contribution in [0.1, 0.15) is 29.6 Å². The Morgan fingerprint density at radius 3 is 2.69 bits per heavy atom. The molecule has 1 aromatic carbocycles. The number of nitrogen functional groups attached to an aromatic ring is 1. The van der Waals surface area contributed by atoms with Gasteiger partial charge >= 0.3 is 5.97 Å². The molecule has 16 heavy (non-hydrogen) atoms. The molecule has 0 saturated heterocycles. The van der Waals surface area contributed by atoms with Crippen molar-refractivity contribution in [1.29, 1.82) is 0 Å². The van der Waals surface area contributed by atoms with Crippen LogP contribution in [0, 0.1) is 5.82 Å². The van der Waals surface area contributed by atoms with E-state index in [9.17, 15) is 9.18 Å². The molecule has 0 atom stereocenters. The van der Waals surface area contributed by atoms with Gasteiger partial charge in [0.25, 0.3) is 0 Å². The molecule has 0 unspecified atom stereocenters. The average molecular weight is 224 g/mol. The SMILES string of the molecule is Nc1c(F)ccc(NC2CCC2)c1C(=O)O. The molecule has 4 N–H and O–H groups in total. The molecule has 2 rings (SSSR count). The molecule has 0 aliphatic heterocycles. The molecule has 0 bridgehead atoms. The van der Waals surface area contributed by atoms with Gasteiger partial charge in [-0.25, -0.2) is 9.18 Å². The van der Waals surface area contributed by atoms with Crippen LogP contribution in [0.5, 0.6) is 0 Å². The lowest BCUT2D eigenvalue weighted by molar-refractivity contribution is 0.0698. The highest BCUT2D eigenvalue weighted by Gasteiger charge is 2.22. The first-order valence-corrected chi connectivity index (χ1v) is 5.17. The number of aromatic carboxylic acids is 1. The summed E-state index contributed by atoms with van der Waals surface area (Å²) in [6.07, 6.45) is 3.16. The van der Waals surface area contributed by atoms with Crippen molar-refractivity contribution in [2.24, 2.45) is 0 Å². The zero-order chi connectivity index (χ0) is 11.7. The normalized spacial score (nSPS) is 15.6. The molecule has 0 spiro atoms. The fourth-order valence-electron chi connectivity index (χ4n) is 1.72. The fourth-order valence-corrected chi connectivity index (χ4v) is 1.72. The molecule has 1 saturated carbocycles. The Hall–Kier alpha value is -1.78. The van der Waals surface area contributed by atoms with Gasteiger partial charge < -0.3 is 16.2 Å². The van der Waals surface area contributed by atoms with E-state index < -0.39 is 11.8 Å². The van der Waals surface area contributed by atoms with Crippen LogP contribution in [0.25, 0.3) is 0 Å². The first-order valence-electron chi connectivity index (χ1n) is 5.17. The quantitative estimate of drug-likeness (QED) is 0.687. The molecule has 0 heterocycles. The van der Waals surface area contributed by atoms with Gasteiger partial charge in [0.15, 0.2) is 0 Å². The van der Waals surface area contributed by atoms with Gasteiger partial charge in [0.2, 0.25) is 0 Å². The van der Waals surface area contributed by atoms with E-state index >= 15 is 0 Å². The summed E-state index contributed by atoms with van der Waals surface area (Å²) in [6.45, 7) is 0. The van der Waals surface area contributed by atoms with E-state index in [2.05, 4.69) is 5.32 Å². The number of rotatable bonds is 3. The molecule has 5 heteroatoms. The van der Waals surface area contributed by atoms with Gasteiger partial charge in [0, 0.05) is 6.04 Å². The molecule has 0 radical (unpaired) electrons. The topological polar surface area (TPSA) is 75.3 Å². The summed E-state index contributed by atoms with van der Waals surface area (Å²) < 4.78 is 13.1. The van der Waals surface area contributed by atoms with E-state index in [-0.39, 0.29) is 17.3 Å². The fraction of sp³-hybridized carbons (Fsp3) is 0.364. The van der Waals surface area contributed by atoms with E-state index in [1.165, 1.54) is 12.1 Å². The third-order valence-electron chi connectivity index (χ3n) is 2.87. The summed E-state index contributed by atoms with van der Waals surface area (Å²) in [4.78, 5) is 11.0. The average Bonchev–Trinajstić information content (AvgIpc) is 2.16. The molecule has 4 nitrogen and oxygen atoms in total. The summed E-state index contributed by atoms with van der Waals surface area (Å²) in [6, 6.07) is 2.89. The molecule has 0 aromatic heterocycles. The summed E-state index contributed by atoms with van der Waals surface area (Å²) >= 11 is 0. The Morgan fingerprint density at radius 2 is 2.19 bits per heavy atom. The van der Waals surface area contributed by atoms with E-state index in [0.29, 0.717) is 5.69 Å². The second-order valence-electron chi connectivity index (χ2n) is 3.96. The predicted molar refractivity (Wildman–Crippen MR) is 59.0 cm³/mol. The highest BCUT2D eigenvalue weighted by molar-refractivity contribution is 6.00. The van der Waals surface area contributed by atoms with Gasteiger partial charge in [0.05, 0.1) is 11.4 Å². The highest BCUT2D eigenvalue weighted by Crippen LogP contribution is 2.29. The lowest BCUT2D eigenvalue weighted by Crippen LogP contribution is -2.28. The van der Waals surface area contributed by atoms with Crippen LogP contribution >= 0.6 is 0 Å². The van der Waals surface area contributed by atoms with E-state index in [1.54, 1.807) is 0 Å². The van der Waals surface area contributed by atoms with Crippen molar-refractivity contribution in [2.75, 3.05) is 11.1 Å². The Morgan fingerprint density at radius 1 is 1.50 bits per heavy atom. The number of carboxylic acid groups (broad SMARTS) is 1. The second kappa shape index (κ2) is 4.00. The van der Waals surface area contributed by atoms with Crippen molar-refractivity contribution in [3.05, 3.63) is 23.5 Å². The minimum absolute atomic E-state index is 0.174. The monoisotopic (exact) mass is 224 g/mol. The van der Waals surface area contributed by atoms with Crippen molar-refractivity contribution >= 4 is 17.3 Å². The van der Waals surface area contributed by atoms with Crippen molar-refractivity contribution in [2.45, 2.75) is 25.3 Å². The van der Waals surface area contributed by atoms with Gasteiger partial charge in [0.1, 0.15) is 11.4 Å². The molecule has 1 aromatic rings.